The van der Waals surface area contributed by atoms with Crippen molar-refractivity contribution in [3.8, 4) is 0 Å². The standard InChI is InChI=1S/C18H22N2O3S/c1-11(2)15-7-5-6-13(4)17(15)20-24(22,23)14-9-8-12(3)16(10-14)18(19)21/h5-11,20H,1-4H3,(H2,19,21). The lowest BCUT2D eigenvalue weighted by atomic mass is 9.99. The van der Waals surface area contributed by atoms with E-state index in [1.807, 2.05) is 39.0 Å². The second-order valence-corrected chi connectivity index (χ2v) is 7.82. The van der Waals surface area contributed by atoms with Gasteiger partial charge in [-0.3, -0.25) is 9.52 Å². The first-order chi connectivity index (χ1) is 11.1. The number of anilines is 1. The van der Waals surface area contributed by atoms with E-state index < -0.39 is 15.9 Å². The quantitative estimate of drug-likeness (QED) is 0.870. The van der Waals surface area contributed by atoms with E-state index in [4.69, 9.17) is 5.73 Å². The van der Waals surface area contributed by atoms with Crippen LogP contribution >= 0.6 is 0 Å². The van der Waals surface area contributed by atoms with Crippen LogP contribution in [0.1, 0.15) is 46.8 Å². The van der Waals surface area contributed by atoms with Crippen LogP contribution in [0.5, 0.6) is 0 Å². The molecule has 6 heteroatoms. The Morgan fingerprint density at radius 1 is 1.08 bits per heavy atom. The summed E-state index contributed by atoms with van der Waals surface area (Å²) < 4.78 is 28.2. The van der Waals surface area contributed by atoms with Gasteiger partial charge in [-0.2, -0.15) is 0 Å². The van der Waals surface area contributed by atoms with Gasteiger partial charge in [0.1, 0.15) is 0 Å². The van der Waals surface area contributed by atoms with Crippen molar-refractivity contribution in [1.29, 1.82) is 0 Å². The van der Waals surface area contributed by atoms with Gasteiger partial charge in [-0.25, -0.2) is 8.42 Å². The number of carbonyl (C=O) groups excluding carboxylic acids is 1. The molecule has 5 nitrogen and oxygen atoms in total. The normalized spacial score (nSPS) is 11.5. The van der Waals surface area contributed by atoms with Gasteiger partial charge < -0.3 is 5.73 Å². The first-order valence-electron chi connectivity index (χ1n) is 7.66. The molecule has 128 valence electrons. The lowest BCUT2D eigenvalue weighted by Crippen LogP contribution is -2.18. The van der Waals surface area contributed by atoms with Gasteiger partial charge in [0, 0.05) is 5.56 Å². The Morgan fingerprint density at radius 3 is 2.33 bits per heavy atom. The zero-order valence-corrected chi connectivity index (χ0v) is 15.1. The highest BCUT2D eigenvalue weighted by molar-refractivity contribution is 7.92. The van der Waals surface area contributed by atoms with Crippen LogP contribution in [0.2, 0.25) is 0 Å². The van der Waals surface area contributed by atoms with Gasteiger partial charge in [-0.05, 0) is 48.6 Å². The Hall–Kier alpha value is -2.34. The molecular weight excluding hydrogens is 324 g/mol. The third-order valence-corrected chi connectivity index (χ3v) is 5.30. The van der Waals surface area contributed by atoms with Crippen LogP contribution in [0.4, 0.5) is 5.69 Å². The van der Waals surface area contributed by atoms with Gasteiger partial charge >= 0.3 is 0 Å². The number of nitrogens with one attached hydrogen (secondary N) is 1. The molecule has 24 heavy (non-hydrogen) atoms. The molecule has 0 bridgehead atoms. The SMILES string of the molecule is Cc1ccc(S(=O)(=O)Nc2c(C)cccc2C(C)C)cc1C(N)=O. The molecule has 1 amide bonds. The summed E-state index contributed by atoms with van der Waals surface area (Å²) >= 11 is 0. The van der Waals surface area contributed by atoms with E-state index in [0.29, 0.717) is 11.3 Å². The van der Waals surface area contributed by atoms with Crippen LogP contribution in [-0.4, -0.2) is 14.3 Å². The van der Waals surface area contributed by atoms with Crippen molar-refractivity contribution in [2.75, 3.05) is 4.72 Å². The second kappa shape index (κ2) is 6.65. The largest absolute Gasteiger partial charge is 0.366 e. The van der Waals surface area contributed by atoms with Crippen LogP contribution < -0.4 is 10.5 Å². The van der Waals surface area contributed by atoms with Crippen molar-refractivity contribution in [2.24, 2.45) is 5.73 Å². The first kappa shape index (κ1) is 18.0. The monoisotopic (exact) mass is 346 g/mol. The minimum Gasteiger partial charge on any atom is -0.366 e. The maximum Gasteiger partial charge on any atom is 0.261 e. The van der Waals surface area contributed by atoms with Crippen molar-refractivity contribution in [3.63, 3.8) is 0 Å². The lowest BCUT2D eigenvalue weighted by molar-refractivity contribution is 0.0999. The van der Waals surface area contributed by atoms with Gasteiger partial charge in [0.25, 0.3) is 10.0 Å². The summed E-state index contributed by atoms with van der Waals surface area (Å²) in [7, 11) is -3.82. The molecule has 0 radical (unpaired) electrons. The highest BCUT2D eigenvalue weighted by atomic mass is 32.2. The van der Waals surface area contributed by atoms with Crippen LogP contribution in [0.15, 0.2) is 41.3 Å². The number of rotatable bonds is 5. The third-order valence-electron chi connectivity index (χ3n) is 3.95. The predicted molar refractivity (Wildman–Crippen MR) is 95.8 cm³/mol. The van der Waals surface area contributed by atoms with E-state index in [1.165, 1.54) is 12.1 Å². The minimum absolute atomic E-state index is 0.0138. The number of para-hydroxylation sites is 1. The molecule has 0 saturated heterocycles. The van der Waals surface area contributed by atoms with Gasteiger partial charge in [-0.15, -0.1) is 0 Å². The van der Waals surface area contributed by atoms with Crippen molar-refractivity contribution >= 4 is 21.6 Å². The Kier molecular flexibility index (Phi) is 4.99. The summed E-state index contributed by atoms with van der Waals surface area (Å²) in [4.78, 5) is 11.5. The van der Waals surface area contributed by atoms with Crippen molar-refractivity contribution in [3.05, 3.63) is 58.7 Å². The predicted octanol–water partition coefficient (Wildman–Crippen LogP) is 3.33. The molecule has 0 aliphatic rings. The molecule has 0 unspecified atom stereocenters. The van der Waals surface area contributed by atoms with Gasteiger partial charge in [0.2, 0.25) is 5.91 Å². The molecule has 3 N–H and O–H groups in total. The molecule has 0 aliphatic heterocycles. The van der Waals surface area contributed by atoms with Crippen molar-refractivity contribution < 1.29 is 13.2 Å². The maximum absolute atomic E-state index is 12.8. The van der Waals surface area contributed by atoms with Crippen LogP contribution in [-0.2, 0) is 10.0 Å². The topological polar surface area (TPSA) is 89.3 Å². The molecule has 0 spiro atoms. The highest BCUT2D eigenvalue weighted by Gasteiger charge is 2.20. The van der Waals surface area contributed by atoms with Gasteiger partial charge in [0.15, 0.2) is 0 Å². The van der Waals surface area contributed by atoms with E-state index in [9.17, 15) is 13.2 Å². The number of nitrogens with two attached hydrogens (primary N) is 1. The molecule has 0 aromatic heterocycles. The molecule has 0 atom stereocenters. The smallest absolute Gasteiger partial charge is 0.261 e. The number of amides is 1. The van der Waals surface area contributed by atoms with Crippen LogP contribution in [0.3, 0.4) is 0 Å². The van der Waals surface area contributed by atoms with Crippen molar-refractivity contribution in [2.45, 2.75) is 38.5 Å². The molecule has 2 rings (SSSR count). The molecule has 0 saturated carbocycles. The minimum atomic E-state index is -3.82. The molecule has 0 heterocycles. The number of hydrogen-bond donors (Lipinski definition) is 2. The molecule has 2 aromatic carbocycles. The third kappa shape index (κ3) is 3.59. The zero-order chi connectivity index (χ0) is 18.1. The summed E-state index contributed by atoms with van der Waals surface area (Å²) in [6.45, 7) is 7.57. The number of primary amides is 1. The van der Waals surface area contributed by atoms with Crippen molar-refractivity contribution in [1.82, 2.24) is 0 Å². The lowest BCUT2D eigenvalue weighted by Gasteiger charge is -2.17. The summed E-state index contributed by atoms with van der Waals surface area (Å²) in [6.07, 6.45) is 0. The number of carbonyl (C=O) groups is 1. The van der Waals surface area contributed by atoms with E-state index in [0.717, 1.165) is 11.1 Å². The number of hydrogen-bond acceptors (Lipinski definition) is 3. The van der Waals surface area contributed by atoms with Gasteiger partial charge in [-0.1, -0.05) is 38.1 Å². The maximum atomic E-state index is 12.8. The summed E-state index contributed by atoms with van der Waals surface area (Å²) in [6, 6.07) is 10.0. The van der Waals surface area contributed by atoms with E-state index in [-0.39, 0.29) is 16.4 Å². The van der Waals surface area contributed by atoms with Gasteiger partial charge in [0.05, 0.1) is 10.6 Å². The fraction of sp³-hybridized carbons (Fsp3) is 0.278. The van der Waals surface area contributed by atoms with E-state index in [2.05, 4.69) is 4.72 Å². The average molecular weight is 346 g/mol. The molecule has 0 aliphatic carbocycles. The Labute approximate surface area is 142 Å². The fourth-order valence-corrected chi connectivity index (χ4v) is 3.72. The molecule has 0 fully saturated rings. The number of aryl methyl sites for hydroxylation is 2. The summed E-state index contributed by atoms with van der Waals surface area (Å²) in [5, 5.41) is 0. The molecule has 2 aromatic rings. The number of sulfonamides is 1. The van der Waals surface area contributed by atoms with E-state index >= 15 is 0 Å². The highest BCUT2D eigenvalue weighted by Crippen LogP contribution is 2.29. The fourth-order valence-electron chi connectivity index (χ4n) is 2.54. The van der Waals surface area contributed by atoms with Crippen LogP contribution in [0.25, 0.3) is 0 Å². The zero-order valence-electron chi connectivity index (χ0n) is 14.3. The first-order valence-corrected chi connectivity index (χ1v) is 9.14. The Bertz CT molecular complexity index is 887. The van der Waals surface area contributed by atoms with E-state index in [1.54, 1.807) is 13.0 Å². The summed E-state index contributed by atoms with van der Waals surface area (Å²) in [5.41, 5.74) is 8.49. The Morgan fingerprint density at radius 2 is 1.75 bits per heavy atom. The van der Waals surface area contributed by atoms with Crippen LogP contribution in [0, 0.1) is 13.8 Å². The Balaban J connectivity index is 2.51. The average Bonchev–Trinajstić information content (AvgIpc) is 2.48. The second-order valence-electron chi connectivity index (χ2n) is 6.14. The molecular formula is C18H22N2O3S. The number of benzene rings is 2. The summed E-state index contributed by atoms with van der Waals surface area (Å²) in [5.74, 6) is -0.481.